The molecule has 0 aromatic heterocycles. The number of esters is 1. The molecule has 3 aromatic carbocycles. The molecule has 29 heavy (non-hydrogen) atoms. The Bertz CT molecular complexity index is 1020. The first-order chi connectivity index (χ1) is 14.1. The fraction of sp³-hybridized carbons (Fsp3) is 0.0870. The van der Waals surface area contributed by atoms with Crippen LogP contribution in [0.5, 0.6) is 5.75 Å². The van der Waals surface area contributed by atoms with E-state index < -0.39 is 5.97 Å². The van der Waals surface area contributed by atoms with E-state index in [9.17, 15) is 4.79 Å². The molecular weight excluding hydrogens is 382 g/mol. The van der Waals surface area contributed by atoms with Gasteiger partial charge in [0.05, 0.1) is 11.8 Å². The van der Waals surface area contributed by atoms with Crippen LogP contribution in [0.4, 0.5) is 0 Å². The minimum absolute atomic E-state index is 0.382. The zero-order valence-electron chi connectivity index (χ0n) is 16.0. The van der Waals surface area contributed by atoms with Gasteiger partial charge < -0.3 is 10.5 Å². The smallest absolute Gasteiger partial charge is 0.343 e. The van der Waals surface area contributed by atoms with Crippen LogP contribution in [0.1, 0.15) is 27.0 Å². The van der Waals surface area contributed by atoms with E-state index in [1.165, 1.54) is 17.3 Å². The van der Waals surface area contributed by atoms with Crippen LogP contribution in [-0.4, -0.2) is 17.4 Å². The van der Waals surface area contributed by atoms with Crippen molar-refractivity contribution in [3.63, 3.8) is 0 Å². The van der Waals surface area contributed by atoms with E-state index in [2.05, 4.69) is 10.2 Å². The highest BCUT2D eigenvalue weighted by Crippen LogP contribution is 2.15. The molecule has 0 atom stereocenters. The average molecular weight is 404 g/mol. The van der Waals surface area contributed by atoms with Gasteiger partial charge in [-0.15, -0.1) is 5.10 Å². The van der Waals surface area contributed by atoms with Gasteiger partial charge in [0, 0.05) is 5.75 Å². The van der Waals surface area contributed by atoms with Gasteiger partial charge in [-0.05, 0) is 42.3 Å². The second kappa shape index (κ2) is 10.2. The number of amidine groups is 1. The Morgan fingerprint density at radius 2 is 1.79 bits per heavy atom. The Hall–Kier alpha value is -3.38. The van der Waals surface area contributed by atoms with Gasteiger partial charge in [0.25, 0.3) is 0 Å². The van der Waals surface area contributed by atoms with Crippen molar-refractivity contribution in [2.24, 2.45) is 15.9 Å². The fourth-order valence-corrected chi connectivity index (χ4v) is 3.04. The van der Waals surface area contributed by atoms with E-state index in [1.807, 2.05) is 55.5 Å². The van der Waals surface area contributed by atoms with Crippen LogP contribution in [0, 0.1) is 6.92 Å². The van der Waals surface area contributed by atoms with E-state index in [1.54, 1.807) is 36.5 Å². The first kappa shape index (κ1) is 20.4. The molecule has 0 heterocycles. The molecule has 6 heteroatoms. The maximum atomic E-state index is 12.2. The largest absolute Gasteiger partial charge is 0.423 e. The Balaban J connectivity index is 1.57. The molecule has 0 saturated carbocycles. The second-order valence-electron chi connectivity index (χ2n) is 6.29. The third-order valence-corrected chi connectivity index (χ3v) is 4.80. The second-order valence-corrected chi connectivity index (χ2v) is 7.28. The lowest BCUT2D eigenvalue weighted by atomic mass is 10.1. The summed E-state index contributed by atoms with van der Waals surface area (Å²) in [7, 11) is 0. The summed E-state index contributed by atoms with van der Waals surface area (Å²) < 4.78 is 5.43. The van der Waals surface area contributed by atoms with Crippen LogP contribution in [-0.2, 0) is 5.75 Å². The average Bonchev–Trinajstić information content (AvgIpc) is 2.74. The Kier molecular flexibility index (Phi) is 7.19. The fourth-order valence-electron chi connectivity index (χ4n) is 2.43. The predicted octanol–water partition coefficient (Wildman–Crippen LogP) is 4.80. The number of thioether (sulfide) groups is 1. The van der Waals surface area contributed by atoms with Gasteiger partial charge in [-0.25, -0.2) is 4.79 Å². The minimum atomic E-state index is -0.404. The molecule has 0 aliphatic rings. The molecule has 5 nitrogen and oxygen atoms in total. The minimum Gasteiger partial charge on any atom is -0.423 e. The summed E-state index contributed by atoms with van der Waals surface area (Å²) in [6, 6.07) is 24.3. The van der Waals surface area contributed by atoms with E-state index in [0.717, 1.165) is 16.9 Å². The number of nitrogens with zero attached hydrogens (tertiary/aromatic N) is 2. The monoisotopic (exact) mass is 403 g/mol. The molecule has 146 valence electrons. The Morgan fingerprint density at radius 1 is 1.03 bits per heavy atom. The van der Waals surface area contributed by atoms with Crippen LogP contribution in [0.25, 0.3) is 0 Å². The van der Waals surface area contributed by atoms with Crippen LogP contribution in [0.15, 0.2) is 89.1 Å². The van der Waals surface area contributed by atoms with E-state index in [-0.39, 0.29) is 0 Å². The Labute approximate surface area is 174 Å². The van der Waals surface area contributed by atoms with E-state index >= 15 is 0 Å². The lowest BCUT2D eigenvalue weighted by molar-refractivity contribution is 0.0735. The summed E-state index contributed by atoms with van der Waals surface area (Å²) in [4.78, 5) is 12.2. The van der Waals surface area contributed by atoms with Crippen molar-refractivity contribution in [2.75, 3.05) is 0 Å². The van der Waals surface area contributed by atoms with Gasteiger partial charge in [-0.3, -0.25) is 0 Å². The first-order valence-corrected chi connectivity index (χ1v) is 10.0. The van der Waals surface area contributed by atoms with Crippen LogP contribution >= 0.6 is 11.8 Å². The van der Waals surface area contributed by atoms with Gasteiger partial charge in [0.2, 0.25) is 0 Å². The zero-order chi connectivity index (χ0) is 20.5. The van der Waals surface area contributed by atoms with Crippen LogP contribution < -0.4 is 10.5 Å². The van der Waals surface area contributed by atoms with Crippen molar-refractivity contribution in [1.29, 1.82) is 0 Å². The van der Waals surface area contributed by atoms with Crippen LogP contribution in [0.3, 0.4) is 0 Å². The maximum absolute atomic E-state index is 12.2. The zero-order valence-corrected chi connectivity index (χ0v) is 16.8. The van der Waals surface area contributed by atoms with Crippen molar-refractivity contribution in [1.82, 2.24) is 0 Å². The number of aryl methyl sites for hydroxylation is 1. The van der Waals surface area contributed by atoms with Crippen molar-refractivity contribution < 1.29 is 9.53 Å². The molecule has 0 bridgehead atoms. The van der Waals surface area contributed by atoms with E-state index in [4.69, 9.17) is 10.5 Å². The summed E-state index contributed by atoms with van der Waals surface area (Å²) >= 11 is 1.42. The molecule has 0 unspecified atom stereocenters. The highest BCUT2D eigenvalue weighted by molar-refractivity contribution is 8.13. The quantitative estimate of drug-likeness (QED) is 0.211. The number of carbonyl (C=O) groups excluding carboxylic acids is 1. The molecular formula is C23H21N3O2S. The van der Waals surface area contributed by atoms with Gasteiger partial charge in [-0.2, -0.15) is 5.10 Å². The van der Waals surface area contributed by atoms with E-state index in [0.29, 0.717) is 16.5 Å². The normalized spacial score (nSPS) is 11.6. The molecule has 0 spiro atoms. The number of ether oxygens (including phenoxy) is 1. The van der Waals surface area contributed by atoms with Crippen molar-refractivity contribution in [3.8, 4) is 5.75 Å². The van der Waals surface area contributed by atoms with Gasteiger partial charge in [0.15, 0.2) is 5.17 Å². The summed E-state index contributed by atoms with van der Waals surface area (Å²) in [6.07, 6.45) is 1.57. The number of hydrogen-bond donors (Lipinski definition) is 1. The number of nitrogens with two attached hydrogens (primary N) is 1. The Morgan fingerprint density at radius 3 is 2.55 bits per heavy atom. The SMILES string of the molecule is Cc1ccc(C(=O)Oc2cccc(C=NN=C(N)SCc3ccccc3)c2)cc1. The molecule has 3 aromatic rings. The molecule has 0 radical (unpaired) electrons. The number of benzene rings is 3. The van der Waals surface area contributed by atoms with Crippen molar-refractivity contribution >= 4 is 29.1 Å². The summed E-state index contributed by atoms with van der Waals surface area (Å²) in [5.41, 5.74) is 9.40. The molecule has 3 rings (SSSR count). The van der Waals surface area contributed by atoms with Gasteiger partial charge in [-0.1, -0.05) is 71.9 Å². The molecule has 2 N–H and O–H groups in total. The highest BCUT2D eigenvalue weighted by Gasteiger charge is 2.08. The molecule has 0 saturated heterocycles. The van der Waals surface area contributed by atoms with Crippen molar-refractivity contribution in [2.45, 2.75) is 12.7 Å². The first-order valence-electron chi connectivity index (χ1n) is 9.02. The molecule has 0 aliphatic carbocycles. The van der Waals surface area contributed by atoms with Gasteiger partial charge >= 0.3 is 5.97 Å². The standard InChI is InChI=1S/C23H21N3O2S/c1-17-10-12-20(13-11-17)22(27)28-21-9-5-8-19(14-21)15-25-26-23(24)29-16-18-6-3-2-4-7-18/h2-15H,16H2,1H3,(H2,24,26). The summed E-state index contributed by atoms with van der Waals surface area (Å²) in [6.45, 7) is 1.97. The topological polar surface area (TPSA) is 77.0 Å². The van der Waals surface area contributed by atoms with Crippen LogP contribution in [0.2, 0.25) is 0 Å². The third kappa shape index (κ3) is 6.62. The lowest BCUT2D eigenvalue weighted by Gasteiger charge is -2.05. The lowest BCUT2D eigenvalue weighted by Crippen LogP contribution is -2.08. The highest BCUT2D eigenvalue weighted by atomic mass is 32.2. The number of rotatable bonds is 6. The summed E-state index contributed by atoms with van der Waals surface area (Å²) in [5.74, 6) is 0.768. The third-order valence-electron chi connectivity index (χ3n) is 3.95. The molecule has 0 aliphatic heterocycles. The maximum Gasteiger partial charge on any atom is 0.343 e. The molecule has 0 amide bonds. The number of carbonyl (C=O) groups is 1. The predicted molar refractivity (Wildman–Crippen MR) is 120 cm³/mol. The van der Waals surface area contributed by atoms with Gasteiger partial charge in [0.1, 0.15) is 5.75 Å². The number of hydrogen-bond acceptors (Lipinski definition) is 5. The molecule has 0 fully saturated rings. The van der Waals surface area contributed by atoms with Crippen molar-refractivity contribution in [3.05, 3.63) is 101 Å². The summed E-state index contributed by atoms with van der Waals surface area (Å²) in [5, 5.41) is 8.40.